The molecule has 0 bridgehead atoms. The summed E-state index contributed by atoms with van der Waals surface area (Å²) in [5, 5.41) is 0. The molecule has 0 saturated heterocycles. The van der Waals surface area contributed by atoms with Crippen molar-refractivity contribution in [3.63, 3.8) is 0 Å². The van der Waals surface area contributed by atoms with E-state index in [2.05, 4.69) is 6.92 Å². The van der Waals surface area contributed by atoms with E-state index in [9.17, 15) is 8.78 Å². The second-order valence-corrected chi connectivity index (χ2v) is 5.34. The Hall–Kier alpha value is -1.32. The van der Waals surface area contributed by atoms with Crippen molar-refractivity contribution < 1.29 is 8.78 Å². The quantitative estimate of drug-likeness (QED) is 0.818. The first-order valence-corrected chi connectivity index (χ1v) is 6.47. The van der Waals surface area contributed by atoms with Gasteiger partial charge in [0.1, 0.15) is 0 Å². The Morgan fingerprint density at radius 1 is 1.28 bits per heavy atom. The van der Waals surface area contributed by atoms with Crippen LogP contribution in [0.1, 0.15) is 32.6 Å². The first kappa shape index (κ1) is 13.1. The largest absolute Gasteiger partial charge is 0.397 e. The molecule has 2 unspecified atom stereocenters. The molecule has 2 N–H and O–H groups in total. The standard InChI is InChI=1S/C14H20F2N2/c1-9-4-3-5-10(8-9)18(2)14-12(17)7-6-11(15)13(14)16/h6-7,9-10H,3-5,8,17H2,1-2H3. The fraction of sp³-hybridized carbons (Fsp3) is 0.571. The molecule has 1 saturated carbocycles. The number of nitrogen functional groups attached to an aromatic ring is 1. The molecule has 4 heteroatoms. The molecule has 0 amide bonds. The minimum absolute atomic E-state index is 0.203. The summed E-state index contributed by atoms with van der Waals surface area (Å²) >= 11 is 0. The summed E-state index contributed by atoms with van der Waals surface area (Å²) in [6.45, 7) is 2.20. The van der Waals surface area contributed by atoms with Crippen molar-refractivity contribution in [2.75, 3.05) is 17.7 Å². The smallest absolute Gasteiger partial charge is 0.184 e. The number of hydrogen-bond donors (Lipinski definition) is 1. The zero-order chi connectivity index (χ0) is 13.3. The van der Waals surface area contributed by atoms with Crippen molar-refractivity contribution in [1.82, 2.24) is 0 Å². The van der Waals surface area contributed by atoms with Gasteiger partial charge in [0.2, 0.25) is 0 Å². The van der Waals surface area contributed by atoms with Gasteiger partial charge in [-0.1, -0.05) is 19.8 Å². The molecule has 0 heterocycles. The second kappa shape index (κ2) is 5.12. The second-order valence-electron chi connectivity index (χ2n) is 5.34. The number of nitrogens with two attached hydrogens (primary N) is 1. The van der Waals surface area contributed by atoms with Crippen molar-refractivity contribution in [1.29, 1.82) is 0 Å². The normalized spacial score (nSPS) is 24.0. The molecular weight excluding hydrogens is 234 g/mol. The molecule has 100 valence electrons. The van der Waals surface area contributed by atoms with Gasteiger partial charge in [-0.15, -0.1) is 0 Å². The van der Waals surface area contributed by atoms with E-state index in [0.717, 1.165) is 25.3 Å². The van der Waals surface area contributed by atoms with Gasteiger partial charge in [0, 0.05) is 13.1 Å². The highest BCUT2D eigenvalue weighted by molar-refractivity contribution is 5.68. The van der Waals surface area contributed by atoms with Crippen LogP contribution in [0.25, 0.3) is 0 Å². The van der Waals surface area contributed by atoms with Crippen LogP contribution < -0.4 is 10.6 Å². The Balaban J connectivity index is 2.28. The Morgan fingerprint density at radius 3 is 2.67 bits per heavy atom. The summed E-state index contributed by atoms with van der Waals surface area (Å²) in [4.78, 5) is 1.81. The van der Waals surface area contributed by atoms with E-state index in [1.807, 2.05) is 4.90 Å². The predicted octanol–water partition coefficient (Wildman–Crippen LogP) is 3.56. The third kappa shape index (κ3) is 2.42. The molecule has 1 aromatic carbocycles. The van der Waals surface area contributed by atoms with Crippen LogP contribution in [-0.2, 0) is 0 Å². The minimum Gasteiger partial charge on any atom is -0.397 e. The molecular formula is C14H20F2N2. The molecule has 2 nitrogen and oxygen atoms in total. The van der Waals surface area contributed by atoms with E-state index in [4.69, 9.17) is 5.73 Å². The maximum atomic E-state index is 13.9. The van der Waals surface area contributed by atoms with Crippen LogP contribution in [0.5, 0.6) is 0 Å². The summed E-state index contributed by atoms with van der Waals surface area (Å²) in [7, 11) is 1.80. The number of anilines is 2. The summed E-state index contributed by atoms with van der Waals surface area (Å²) in [5.41, 5.74) is 6.29. The van der Waals surface area contributed by atoms with E-state index in [1.54, 1.807) is 7.05 Å². The fourth-order valence-electron chi connectivity index (χ4n) is 2.85. The van der Waals surface area contributed by atoms with Crippen molar-refractivity contribution in [2.24, 2.45) is 5.92 Å². The molecule has 0 aromatic heterocycles. The molecule has 0 spiro atoms. The van der Waals surface area contributed by atoms with Crippen LogP contribution >= 0.6 is 0 Å². The number of rotatable bonds is 2. The van der Waals surface area contributed by atoms with Crippen molar-refractivity contribution >= 4 is 11.4 Å². The average Bonchev–Trinajstić information content (AvgIpc) is 2.34. The number of hydrogen-bond acceptors (Lipinski definition) is 2. The van der Waals surface area contributed by atoms with Gasteiger partial charge in [0.15, 0.2) is 11.6 Å². The Kier molecular flexibility index (Phi) is 3.73. The molecule has 0 radical (unpaired) electrons. The van der Waals surface area contributed by atoms with Crippen molar-refractivity contribution in [2.45, 2.75) is 38.6 Å². The first-order valence-electron chi connectivity index (χ1n) is 6.47. The van der Waals surface area contributed by atoms with Crippen LogP contribution in [0.15, 0.2) is 12.1 Å². The van der Waals surface area contributed by atoms with Gasteiger partial charge in [-0.25, -0.2) is 8.78 Å². The maximum Gasteiger partial charge on any atom is 0.184 e. The van der Waals surface area contributed by atoms with Crippen LogP contribution in [0.4, 0.5) is 20.2 Å². The SMILES string of the molecule is CC1CCCC(N(C)c2c(N)ccc(F)c2F)C1. The third-order valence-corrected chi connectivity index (χ3v) is 3.91. The van der Waals surface area contributed by atoms with Crippen LogP contribution in [0.3, 0.4) is 0 Å². The fourth-order valence-corrected chi connectivity index (χ4v) is 2.85. The van der Waals surface area contributed by atoms with E-state index in [0.29, 0.717) is 11.6 Å². The summed E-state index contributed by atoms with van der Waals surface area (Å²) in [5.74, 6) is -1.05. The Labute approximate surface area is 107 Å². The molecule has 1 aliphatic carbocycles. The minimum atomic E-state index is -0.838. The maximum absolute atomic E-state index is 13.9. The summed E-state index contributed by atoms with van der Waals surface area (Å²) in [6, 6.07) is 2.74. The van der Waals surface area contributed by atoms with Gasteiger partial charge in [-0.2, -0.15) is 0 Å². The molecule has 1 aromatic rings. The lowest BCUT2D eigenvalue weighted by Crippen LogP contribution is -2.36. The highest BCUT2D eigenvalue weighted by atomic mass is 19.2. The lowest BCUT2D eigenvalue weighted by molar-refractivity contribution is 0.334. The highest BCUT2D eigenvalue weighted by Crippen LogP contribution is 2.34. The molecule has 1 fully saturated rings. The Bertz CT molecular complexity index is 434. The van der Waals surface area contributed by atoms with Gasteiger partial charge in [-0.3, -0.25) is 0 Å². The van der Waals surface area contributed by atoms with Crippen molar-refractivity contribution in [3.05, 3.63) is 23.8 Å². The number of benzene rings is 1. The molecule has 2 atom stereocenters. The zero-order valence-electron chi connectivity index (χ0n) is 10.9. The zero-order valence-corrected chi connectivity index (χ0v) is 10.9. The molecule has 0 aliphatic heterocycles. The van der Waals surface area contributed by atoms with E-state index >= 15 is 0 Å². The van der Waals surface area contributed by atoms with E-state index < -0.39 is 11.6 Å². The summed E-state index contributed by atoms with van der Waals surface area (Å²) in [6.07, 6.45) is 4.36. The van der Waals surface area contributed by atoms with Gasteiger partial charge in [0.25, 0.3) is 0 Å². The Morgan fingerprint density at radius 2 is 2.00 bits per heavy atom. The van der Waals surface area contributed by atoms with Crippen LogP contribution in [0.2, 0.25) is 0 Å². The van der Waals surface area contributed by atoms with Crippen LogP contribution in [0, 0.1) is 17.6 Å². The monoisotopic (exact) mass is 254 g/mol. The van der Waals surface area contributed by atoms with Gasteiger partial charge in [0.05, 0.1) is 11.4 Å². The third-order valence-electron chi connectivity index (χ3n) is 3.91. The van der Waals surface area contributed by atoms with E-state index in [-0.39, 0.29) is 11.7 Å². The lowest BCUT2D eigenvalue weighted by Gasteiger charge is -2.36. The molecule has 18 heavy (non-hydrogen) atoms. The topological polar surface area (TPSA) is 29.3 Å². The first-order chi connectivity index (χ1) is 8.50. The van der Waals surface area contributed by atoms with Gasteiger partial charge >= 0.3 is 0 Å². The lowest BCUT2D eigenvalue weighted by atomic mass is 9.86. The van der Waals surface area contributed by atoms with E-state index in [1.165, 1.54) is 12.5 Å². The van der Waals surface area contributed by atoms with Crippen molar-refractivity contribution in [3.8, 4) is 0 Å². The highest BCUT2D eigenvalue weighted by Gasteiger charge is 2.26. The van der Waals surface area contributed by atoms with Crippen LogP contribution in [-0.4, -0.2) is 13.1 Å². The summed E-state index contributed by atoms with van der Waals surface area (Å²) < 4.78 is 27.2. The molecule has 1 aliphatic rings. The number of nitrogens with zero attached hydrogens (tertiary/aromatic N) is 1. The van der Waals surface area contributed by atoms with Gasteiger partial charge in [-0.05, 0) is 30.9 Å². The predicted molar refractivity (Wildman–Crippen MR) is 70.6 cm³/mol. The molecule has 2 rings (SSSR count). The number of halogens is 2. The van der Waals surface area contributed by atoms with Gasteiger partial charge < -0.3 is 10.6 Å². The average molecular weight is 254 g/mol.